The quantitative estimate of drug-likeness (QED) is 0.666. The summed E-state index contributed by atoms with van der Waals surface area (Å²) >= 11 is 0. The number of carbonyl (C=O) groups is 1. The van der Waals surface area contributed by atoms with Gasteiger partial charge in [-0.2, -0.15) is 0 Å². The van der Waals surface area contributed by atoms with Crippen molar-refractivity contribution in [2.75, 3.05) is 13.7 Å². The molecule has 0 bridgehead atoms. The number of hydrogen-bond donors (Lipinski definition) is 1. The lowest BCUT2D eigenvalue weighted by molar-refractivity contribution is -0.144. The number of ether oxygens (including phenoxy) is 1. The number of methoxy groups -OCH3 is 1. The Labute approximate surface area is 87.2 Å². The van der Waals surface area contributed by atoms with E-state index < -0.39 is 0 Å². The lowest BCUT2D eigenvalue weighted by Gasteiger charge is -2.22. The molecule has 0 aromatic rings. The van der Waals surface area contributed by atoms with Crippen molar-refractivity contribution in [1.29, 1.82) is 0 Å². The van der Waals surface area contributed by atoms with Gasteiger partial charge < -0.3 is 10.1 Å². The molecule has 0 saturated heterocycles. The maximum absolute atomic E-state index is 11.4. The number of nitrogens with one attached hydrogen (secondary N) is 1. The maximum atomic E-state index is 11.4. The molecule has 2 atom stereocenters. The molecular weight excluding hydrogens is 178 g/mol. The van der Waals surface area contributed by atoms with E-state index in [2.05, 4.69) is 33.0 Å². The van der Waals surface area contributed by atoms with E-state index in [-0.39, 0.29) is 12.0 Å². The minimum atomic E-state index is -0.160. The number of carbonyl (C=O) groups excluding carboxylic acids is 1. The predicted octanol–water partition coefficient (Wildman–Crippen LogP) is 1.82. The van der Waals surface area contributed by atoms with E-state index >= 15 is 0 Å². The van der Waals surface area contributed by atoms with Gasteiger partial charge in [-0.3, -0.25) is 4.79 Å². The van der Waals surface area contributed by atoms with Crippen molar-refractivity contribution in [1.82, 2.24) is 5.32 Å². The van der Waals surface area contributed by atoms with Crippen LogP contribution in [0.15, 0.2) is 0 Å². The van der Waals surface area contributed by atoms with Gasteiger partial charge in [0.15, 0.2) is 0 Å². The van der Waals surface area contributed by atoms with E-state index in [1.54, 1.807) is 0 Å². The van der Waals surface area contributed by atoms with Crippen molar-refractivity contribution >= 4 is 5.97 Å². The van der Waals surface area contributed by atoms with Crippen molar-refractivity contribution in [3.8, 4) is 0 Å². The molecule has 14 heavy (non-hydrogen) atoms. The van der Waals surface area contributed by atoms with Gasteiger partial charge in [0.1, 0.15) is 6.04 Å². The lowest BCUT2D eigenvalue weighted by atomic mass is 9.99. The topological polar surface area (TPSA) is 38.3 Å². The van der Waals surface area contributed by atoms with Gasteiger partial charge in [-0.05, 0) is 18.4 Å². The van der Waals surface area contributed by atoms with Crippen LogP contribution in [-0.2, 0) is 9.53 Å². The van der Waals surface area contributed by atoms with Crippen molar-refractivity contribution in [3.63, 3.8) is 0 Å². The molecule has 0 heterocycles. The average Bonchev–Trinajstić information content (AvgIpc) is 2.16. The zero-order chi connectivity index (χ0) is 11.1. The first-order valence-electron chi connectivity index (χ1n) is 5.34. The summed E-state index contributed by atoms with van der Waals surface area (Å²) in [7, 11) is 1.44. The van der Waals surface area contributed by atoms with Gasteiger partial charge in [0.25, 0.3) is 0 Å². The van der Waals surface area contributed by atoms with Gasteiger partial charge in [-0.1, -0.05) is 34.1 Å². The Kier molecular flexibility index (Phi) is 6.54. The highest BCUT2D eigenvalue weighted by Crippen LogP contribution is 2.09. The highest BCUT2D eigenvalue weighted by Gasteiger charge is 2.23. The summed E-state index contributed by atoms with van der Waals surface area (Å²) in [6.07, 6.45) is 0.977. The van der Waals surface area contributed by atoms with Crippen LogP contribution in [0.2, 0.25) is 0 Å². The molecular formula is C11H23NO2. The Hall–Kier alpha value is -0.570. The molecule has 0 aromatic heterocycles. The largest absolute Gasteiger partial charge is 0.468 e. The van der Waals surface area contributed by atoms with E-state index in [4.69, 9.17) is 4.74 Å². The molecule has 0 fully saturated rings. The summed E-state index contributed by atoms with van der Waals surface area (Å²) in [5.41, 5.74) is 0. The van der Waals surface area contributed by atoms with Gasteiger partial charge in [0, 0.05) is 0 Å². The molecule has 1 N–H and O–H groups in total. The second-order valence-electron chi connectivity index (χ2n) is 4.19. The highest BCUT2D eigenvalue weighted by atomic mass is 16.5. The molecule has 0 radical (unpaired) electrons. The summed E-state index contributed by atoms with van der Waals surface area (Å²) in [6, 6.07) is -0.160. The van der Waals surface area contributed by atoms with E-state index in [0.717, 1.165) is 13.0 Å². The fourth-order valence-electron chi connectivity index (χ4n) is 1.24. The van der Waals surface area contributed by atoms with Gasteiger partial charge in [-0.15, -0.1) is 0 Å². The van der Waals surface area contributed by atoms with Crippen LogP contribution in [0.25, 0.3) is 0 Å². The van der Waals surface area contributed by atoms with E-state index in [0.29, 0.717) is 11.8 Å². The molecule has 3 nitrogen and oxygen atoms in total. The number of rotatable bonds is 6. The molecule has 0 spiro atoms. The summed E-state index contributed by atoms with van der Waals surface area (Å²) in [5.74, 6) is 0.715. The molecule has 0 aliphatic heterocycles. The summed E-state index contributed by atoms with van der Waals surface area (Å²) in [4.78, 5) is 11.4. The monoisotopic (exact) mass is 201 g/mol. The Balaban J connectivity index is 4.17. The highest BCUT2D eigenvalue weighted by molar-refractivity contribution is 5.75. The Morgan fingerprint density at radius 1 is 1.36 bits per heavy atom. The van der Waals surface area contributed by atoms with Crippen LogP contribution in [-0.4, -0.2) is 25.7 Å². The smallest absolute Gasteiger partial charge is 0.323 e. The molecule has 0 amide bonds. The molecule has 0 aliphatic carbocycles. The summed E-state index contributed by atoms with van der Waals surface area (Å²) in [5, 5.41) is 3.25. The maximum Gasteiger partial charge on any atom is 0.323 e. The van der Waals surface area contributed by atoms with Gasteiger partial charge in [-0.25, -0.2) is 0 Å². The van der Waals surface area contributed by atoms with Crippen LogP contribution in [0.3, 0.4) is 0 Å². The van der Waals surface area contributed by atoms with Crippen LogP contribution < -0.4 is 5.32 Å². The molecule has 0 aromatic carbocycles. The fraction of sp³-hybridized carbons (Fsp3) is 0.909. The van der Waals surface area contributed by atoms with Crippen LogP contribution >= 0.6 is 0 Å². The van der Waals surface area contributed by atoms with E-state index in [1.807, 2.05) is 0 Å². The lowest BCUT2D eigenvalue weighted by Crippen LogP contribution is -2.44. The van der Waals surface area contributed by atoms with Crippen molar-refractivity contribution < 1.29 is 9.53 Å². The van der Waals surface area contributed by atoms with E-state index in [1.165, 1.54) is 7.11 Å². The molecule has 0 aliphatic rings. The van der Waals surface area contributed by atoms with Crippen molar-refractivity contribution in [3.05, 3.63) is 0 Å². The zero-order valence-electron chi connectivity index (χ0n) is 9.96. The minimum absolute atomic E-state index is 0.153. The van der Waals surface area contributed by atoms with Gasteiger partial charge in [0.05, 0.1) is 7.11 Å². The fourth-order valence-corrected chi connectivity index (χ4v) is 1.24. The summed E-state index contributed by atoms with van der Waals surface area (Å²) < 4.78 is 4.77. The first-order chi connectivity index (χ1) is 6.52. The van der Waals surface area contributed by atoms with E-state index in [9.17, 15) is 4.79 Å². The first-order valence-corrected chi connectivity index (χ1v) is 5.34. The first kappa shape index (κ1) is 13.4. The van der Waals surface area contributed by atoms with Gasteiger partial charge >= 0.3 is 5.97 Å². The SMILES string of the molecule is CCC(C)C(NCC(C)C)C(=O)OC. The molecule has 0 rings (SSSR count). The van der Waals surface area contributed by atoms with Crippen molar-refractivity contribution in [2.45, 2.75) is 40.2 Å². The molecule has 0 saturated carbocycles. The normalized spacial score (nSPS) is 15.3. The van der Waals surface area contributed by atoms with Crippen molar-refractivity contribution in [2.24, 2.45) is 11.8 Å². The molecule has 84 valence electrons. The van der Waals surface area contributed by atoms with Crippen LogP contribution in [0.4, 0.5) is 0 Å². The minimum Gasteiger partial charge on any atom is -0.468 e. The molecule has 2 unspecified atom stereocenters. The van der Waals surface area contributed by atoms with Crippen LogP contribution in [0.1, 0.15) is 34.1 Å². The second-order valence-corrected chi connectivity index (χ2v) is 4.19. The van der Waals surface area contributed by atoms with Crippen LogP contribution in [0.5, 0.6) is 0 Å². The zero-order valence-corrected chi connectivity index (χ0v) is 9.96. The number of esters is 1. The Bertz CT molecular complexity index is 169. The third-order valence-corrected chi connectivity index (χ3v) is 2.41. The Morgan fingerprint density at radius 3 is 2.29 bits per heavy atom. The predicted molar refractivity (Wildman–Crippen MR) is 58.1 cm³/mol. The Morgan fingerprint density at radius 2 is 1.93 bits per heavy atom. The van der Waals surface area contributed by atoms with Gasteiger partial charge in [0.2, 0.25) is 0 Å². The summed E-state index contributed by atoms with van der Waals surface area (Å²) in [6.45, 7) is 9.24. The third-order valence-electron chi connectivity index (χ3n) is 2.41. The standard InChI is InChI=1S/C11H23NO2/c1-6-9(4)10(11(13)14-5)12-7-8(2)3/h8-10,12H,6-7H2,1-5H3. The third kappa shape index (κ3) is 4.61. The van der Waals surface area contributed by atoms with Crippen LogP contribution in [0, 0.1) is 11.8 Å². The molecule has 3 heteroatoms. The second kappa shape index (κ2) is 6.82. The number of hydrogen-bond acceptors (Lipinski definition) is 3. The average molecular weight is 201 g/mol.